The van der Waals surface area contributed by atoms with Crippen LogP contribution in [-0.2, 0) is 6.42 Å². The van der Waals surface area contributed by atoms with E-state index >= 15 is 0 Å². The van der Waals surface area contributed by atoms with E-state index in [1.807, 2.05) is 0 Å². The number of rotatable bonds is 2. The summed E-state index contributed by atoms with van der Waals surface area (Å²) in [4.78, 5) is 15.8. The second-order valence-corrected chi connectivity index (χ2v) is 5.24. The monoisotopic (exact) mass is 276 g/mol. The molecule has 3 atom stereocenters. The third-order valence-electron chi connectivity index (χ3n) is 4.09. The van der Waals surface area contributed by atoms with Crippen molar-refractivity contribution in [2.75, 3.05) is 6.61 Å². The summed E-state index contributed by atoms with van der Waals surface area (Å²) in [6.07, 6.45) is 1.63. The number of fused-ring (bicyclic) bond motifs is 1. The molecule has 1 aliphatic carbocycles. The van der Waals surface area contributed by atoms with Crippen molar-refractivity contribution in [2.24, 2.45) is 5.92 Å². The fourth-order valence-electron chi connectivity index (χ4n) is 3.00. The van der Waals surface area contributed by atoms with Crippen LogP contribution >= 0.6 is 0 Å². The summed E-state index contributed by atoms with van der Waals surface area (Å²) in [5.41, 5.74) is 1.71. The maximum atomic E-state index is 11.8. The van der Waals surface area contributed by atoms with Crippen LogP contribution in [0.15, 0.2) is 18.5 Å². The summed E-state index contributed by atoms with van der Waals surface area (Å²) in [6.45, 7) is 3.81. The average molecular weight is 276 g/mol. The van der Waals surface area contributed by atoms with E-state index in [4.69, 9.17) is 5.41 Å². The Morgan fingerprint density at radius 3 is 3.00 bits per heavy atom. The Morgan fingerprint density at radius 1 is 1.60 bits per heavy atom. The number of aliphatic hydroxyl groups is 2. The van der Waals surface area contributed by atoms with Crippen molar-refractivity contribution in [3.05, 3.63) is 29.9 Å². The molecule has 7 nitrogen and oxygen atoms in total. The zero-order valence-electron chi connectivity index (χ0n) is 10.8. The molecule has 1 saturated carbocycles. The fourth-order valence-corrected chi connectivity index (χ4v) is 3.00. The van der Waals surface area contributed by atoms with Crippen LogP contribution in [0.25, 0.3) is 0 Å². The molecule has 106 valence electrons. The van der Waals surface area contributed by atoms with Crippen molar-refractivity contribution in [3.63, 3.8) is 0 Å². The van der Waals surface area contributed by atoms with Crippen LogP contribution in [0.4, 0.5) is 0 Å². The molecule has 1 aliphatic heterocycles. The second-order valence-electron chi connectivity index (χ2n) is 5.24. The number of amidine groups is 1. The lowest BCUT2D eigenvalue weighted by Crippen LogP contribution is -2.37. The van der Waals surface area contributed by atoms with Gasteiger partial charge >= 0.3 is 0 Å². The van der Waals surface area contributed by atoms with Crippen molar-refractivity contribution in [1.29, 1.82) is 5.41 Å². The normalized spacial score (nSPS) is 29.5. The molecule has 0 aromatic carbocycles. The van der Waals surface area contributed by atoms with Gasteiger partial charge < -0.3 is 20.1 Å². The van der Waals surface area contributed by atoms with Gasteiger partial charge in [0.1, 0.15) is 11.5 Å². The van der Waals surface area contributed by atoms with Gasteiger partial charge in [0.05, 0.1) is 30.8 Å². The van der Waals surface area contributed by atoms with Crippen LogP contribution in [0, 0.1) is 11.3 Å². The van der Waals surface area contributed by atoms with Gasteiger partial charge in [-0.3, -0.25) is 10.2 Å². The lowest BCUT2D eigenvalue weighted by atomic mass is 10.0. The molecule has 1 fully saturated rings. The van der Waals surface area contributed by atoms with Crippen LogP contribution in [0.1, 0.15) is 28.6 Å². The first-order valence-electron chi connectivity index (χ1n) is 6.45. The molecule has 0 spiro atoms. The molecule has 2 aliphatic rings. The number of hydrogen-bond acceptors (Lipinski definition) is 5. The Labute approximate surface area is 115 Å². The molecule has 1 amide bonds. The van der Waals surface area contributed by atoms with Gasteiger partial charge in [-0.1, -0.05) is 6.58 Å². The number of aliphatic hydroxyl groups excluding tert-OH is 2. The van der Waals surface area contributed by atoms with Gasteiger partial charge in [-0.15, -0.1) is 0 Å². The number of carbonyl (C=O) groups excluding carboxylic acids is 1. The average Bonchev–Trinajstić information content (AvgIpc) is 2.91. The van der Waals surface area contributed by atoms with Gasteiger partial charge in [0, 0.05) is 12.3 Å². The summed E-state index contributed by atoms with van der Waals surface area (Å²) < 4.78 is 1.80. The molecular formula is C13H16N4O3. The standard InChI is InChI=1S/C13H16N4O3/c1-6-7(4-18)10(19)2-8(6)17-5-15-12-9(17)3-11(14)16-13(12)20/h5,7-8,10,18-19H,1-4H2,(H2,14,16,20)/t7-,8-,10-/m0/s1. The van der Waals surface area contributed by atoms with Gasteiger partial charge in [-0.25, -0.2) is 4.98 Å². The van der Waals surface area contributed by atoms with E-state index in [0.717, 1.165) is 5.57 Å². The highest BCUT2D eigenvalue weighted by molar-refractivity contribution is 6.09. The number of carbonyl (C=O) groups is 1. The summed E-state index contributed by atoms with van der Waals surface area (Å²) in [6, 6.07) is -0.197. The van der Waals surface area contributed by atoms with E-state index < -0.39 is 6.10 Å². The highest BCUT2D eigenvalue weighted by Gasteiger charge is 2.39. The molecule has 1 aromatic heterocycles. The smallest absolute Gasteiger partial charge is 0.277 e. The minimum absolute atomic E-state index is 0.132. The first-order chi connectivity index (χ1) is 9.52. The SMILES string of the molecule is C=C1[C@H](CO)[C@@H](O)C[C@@H]1n1cnc2c1CC(=N)NC2=O. The lowest BCUT2D eigenvalue weighted by Gasteiger charge is -2.21. The quantitative estimate of drug-likeness (QED) is 0.551. The van der Waals surface area contributed by atoms with Crippen LogP contribution < -0.4 is 5.32 Å². The Hall–Kier alpha value is -1.99. The number of amides is 1. The highest BCUT2D eigenvalue weighted by atomic mass is 16.3. The molecule has 3 rings (SSSR count). The molecule has 20 heavy (non-hydrogen) atoms. The lowest BCUT2D eigenvalue weighted by molar-refractivity contribution is 0.0967. The first kappa shape index (κ1) is 13.0. The largest absolute Gasteiger partial charge is 0.396 e. The molecule has 0 radical (unpaired) electrons. The Kier molecular flexibility index (Phi) is 2.95. The molecule has 1 aromatic rings. The molecular weight excluding hydrogens is 260 g/mol. The van der Waals surface area contributed by atoms with Crippen molar-refractivity contribution < 1.29 is 15.0 Å². The van der Waals surface area contributed by atoms with Crippen molar-refractivity contribution >= 4 is 11.7 Å². The van der Waals surface area contributed by atoms with E-state index in [1.165, 1.54) is 0 Å². The minimum atomic E-state index is -0.646. The fraction of sp³-hybridized carbons (Fsp3) is 0.462. The third-order valence-corrected chi connectivity index (χ3v) is 4.09. The number of imidazole rings is 1. The van der Waals surface area contributed by atoms with Crippen LogP contribution in [-0.4, -0.2) is 44.2 Å². The Morgan fingerprint density at radius 2 is 2.35 bits per heavy atom. The maximum absolute atomic E-state index is 11.8. The third kappa shape index (κ3) is 1.78. The topological polar surface area (TPSA) is 111 Å². The van der Waals surface area contributed by atoms with Crippen LogP contribution in [0.2, 0.25) is 0 Å². The number of nitrogens with zero attached hydrogens (tertiary/aromatic N) is 2. The van der Waals surface area contributed by atoms with Gasteiger partial charge in [0.2, 0.25) is 0 Å². The van der Waals surface area contributed by atoms with Gasteiger partial charge in [-0.2, -0.15) is 0 Å². The number of nitrogens with one attached hydrogen (secondary N) is 2. The molecule has 2 heterocycles. The molecule has 0 unspecified atom stereocenters. The van der Waals surface area contributed by atoms with Crippen LogP contribution in [0.3, 0.4) is 0 Å². The van der Waals surface area contributed by atoms with E-state index in [1.54, 1.807) is 10.9 Å². The van der Waals surface area contributed by atoms with E-state index in [0.29, 0.717) is 24.2 Å². The van der Waals surface area contributed by atoms with E-state index in [9.17, 15) is 15.0 Å². The predicted octanol–water partition coefficient (Wildman–Crippen LogP) is -0.383. The van der Waals surface area contributed by atoms with Gasteiger partial charge in [0.15, 0.2) is 0 Å². The van der Waals surface area contributed by atoms with E-state index in [2.05, 4.69) is 16.9 Å². The minimum Gasteiger partial charge on any atom is -0.396 e. The summed E-state index contributed by atoms with van der Waals surface area (Å²) in [5, 5.41) is 29.3. The summed E-state index contributed by atoms with van der Waals surface area (Å²) in [5.74, 6) is -0.597. The zero-order chi connectivity index (χ0) is 14.4. The van der Waals surface area contributed by atoms with Gasteiger partial charge in [0.25, 0.3) is 5.91 Å². The highest BCUT2D eigenvalue weighted by Crippen LogP contribution is 2.40. The van der Waals surface area contributed by atoms with Crippen molar-refractivity contribution in [2.45, 2.75) is 25.0 Å². The summed E-state index contributed by atoms with van der Waals surface area (Å²) >= 11 is 0. The number of hydrogen-bond donors (Lipinski definition) is 4. The molecule has 7 heteroatoms. The Balaban J connectivity index is 1.99. The number of aromatic nitrogens is 2. The molecule has 0 saturated heterocycles. The van der Waals surface area contributed by atoms with Crippen LogP contribution in [0.5, 0.6) is 0 Å². The van der Waals surface area contributed by atoms with Crippen molar-refractivity contribution in [3.8, 4) is 0 Å². The summed E-state index contributed by atoms with van der Waals surface area (Å²) in [7, 11) is 0. The first-order valence-corrected chi connectivity index (χ1v) is 6.45. The van der Waals surface area contributed by atoms with E-state index in [-0.39, 0.29) is 30.3 Å². The van der Waals surface area contributed by atoms with Gasteiger partial charge in [-0.05, 0) is 12.0 Å². The maximum Gasteiger partial charge on any atom is 0.277 e. The Bertz CT molecular complexity index is 607. The second kappa shape index (κ2) is 4.53. The predicted molar refractivity (Wildman–Crippen MR) is 70.5 cm³/mol. The molecule has 0 bridgehead atoms. The zero-order valence-corrected chi connectivity index (χ0v) is 10.8. The van der Waals surface area contributed by atoms with Crippen molar-refractivity contribution in [1.82, 2.24) is 14.9 Å². The molecule has 4 N–H and O–H groups in total.